The fraction of sp³-hybridized carbons (Fsp3) is 0.200. The van der Waals surface area contributed by atoms with Crippen LogP contribution >= 0.6 is 47.8 Å². The molecular formula is C15H14Br3NO. The number of phenols is 1. The highest BCUT2D eigenvalue weighted by Gasteiger charge is 2.07. The number of benzene rings is 2. The maximum absolute atomic E-state index is 9.70. The second kappa shape index (κ2) is 6.50. The van der Waals surface area contributed by atoms with Gasteiger partial charge < -0.3 is 10.4 Å². The summed E-state index contributed by atoms with van der Waals surface area (Å²) >= 11 is 10.3. The lowest BCUT2D eigenvalue weighted by Gasteiger charge is -2.12. The molecule has 2 N–H and O–H groups in total. The van der Waals surface area contributed by atoms with Gasteiger partial charge in [-0.05, 0) is 86.7 Å². The molecule has 106 valence electrons. The Morgan fingerprint density at radius 1 is 0.950 bits per heavy atom. The largest absolute Gasteiger partial charge is 0.506 e. The summed E-state index contributed by atoms with van der Waals surface area (Å²) in [5.41, 5.74) is 4.59. The van der Waals surface area contributed by atoms with Gasteiger partial charge in [0.15, 0.2) is 0 Å². The normalized spacial score (nSPS) is 10.7. The third kappa shape index (κ3) is 3.57. The van der Waals surface area contributed by atoms with Crippen molar-refractivity contribution in [1.82, 2.24) is 0 Å². The highest BCUT2D eigenvalue weighted by molar-refractivity contribution is 9.11. The van der Waals surface area contributed by atoms with Gasteiger partial charge in [0.2, 0.25) is 0 Å². The molecule has 0 radical (unpaired) electrons. The van der Waals surface area contributed by atoms with Crippen molar-refractivity contribution in [3.8, 4) is 5.75 Å². The van der Waals surface area contributed by atoms with Crippen LogP contribution in [0.25, 0.3) is 0 Å². The van der Waals surface area contributed by atoms with E-state index in [1.807, 2.05) is 12.1 Å². The number of anilines is 1. The quantitative estimate of drug-likeness (QED) is 0.593. The topological polar surface area (TPSA) is 32.3 Å². The zero-order valence-corrected chi connectivity index (χ0v) is 15.9. The molecule has 2 aromatic rings. The number of rotatable bonds is 3. The van der Waals surface area contributed by atoms with Gasteiger partial charge in [0, 0.05) is 16.7 Å². The van der Waals surface area contributed by atoms with E-state index in [1.54, 1.807) is 0 Å². The van der Waals surface area contributed by atoms with Crippen molar-refractivity contribution < 1.29 is 5.11 Å². The van der Waals surface area contributed by atoms with Crippen LogP contribution in [0, 0.1) is 13.8 Å². The number of halogens is 3. The molecule has 0 unspecified atom stereocenters. The van der Waals surface area contributed by atoms with Crippen LogP contribution in [0.3, 0.4) is 0 Å². The van der Waals surface area contributed by atoms with Crippen molar-refractivity contribution in [3.63, 3.8) is 0 Å². The van der Waals surface area contributed by atoms with Crippen molar-refractivity contribution in [2.24, 2.45) is 0 Å². The molecule has 0 saturated heterocycles. The summed E-state index contributed by atoms with van der Waals surface area (Å²) in [4.78, 5) is 0. The molecule has 0 saturated carbocycles. The van der Waals surface area contributed by atoms with Crippen molar-refractivity contribution >= 4 is 53.5 Å². The molecule has 0 aliphatic heterocycles. The number of hydrogen-bond donors (Lipinski definition) is 2. The first-order valence-corrected chi connectivity index (χ1v) is 8.44. The standard InChI is InChI=1S/C15H14Br3NO/c1-8-3-11(4-9(2)14(8)18)19-7-10-5-12(16)15(20)13(17)6-10/h3-6,19-20H,7H2,1-2H3. The summed E-state index contributed by atoms with van der Waals surface area (Å²) in [6, 6.07) is 8.04. The molecule has 0 spiro atoms. The van der Waals surface area contributed by atoms with Crippen molar-refractivity contribution in [2.75, 3.05) is 5.32 Å². The van der Waals surface area contributed by atoms with Gasteiger partial charge in [-0.25, -0.2) is 0 Å². The molecule has 0 heterocycles. The predicted octanol–water partition coefficient (Wildman–Crippen LogP) is 5.91. The molecule has 0 fully saturated rings. The second-order valence-electron chi connectivity index (χ2n) is 4.69. The average Bonchev–Trinajstić information content (AvgIpc) is 2.39. The van der Waals surface area contributed by atoms with Crippen LogP contribution in [-0.2, 0) is 6.54 Å². The molecule has 0 atom stereocenters. The Bertz CT molecular complexity index is 552. The van der Waals surface area contributed by atoms with E-state index in [0.717, 1.165) is 15.7 Å². The van der Waals surface area contributed by atoms with Gasteiger partial charge in [0.1, 0.15) is 5.75 Å². The summed E-state index contributed by atoms with van der Waals surface area (Å²) in [7, 11) is 0. The number of hydrogen-bond acceptors (Lipinski definition) is 2. The molecule has 0 aliphatic carbocycles. The van der Waals surface area contributed by atoms with Crippen LogP contribution in [-0.4, -0.2) is 5.11 Å². The Morgan fingerprint density at radius 3 is 1.95 bits per heavy atom. The van der Waals surface area contributed by atoms with E-state index >= 15 is 0 Å². The van der Waals surface area contributed by atoms with E-state index in [1.165, 1.54) is 11.1 Å². The zero-order chi connectivity index (χ0) is 14.9. The molecule has 5 heteroatoms. The van der Waals surface area contributed by atoms with Gasteiger partial charge in [-0.2, -0.15) is 0 Å². The fourth-order valence-electron chi connectivity index (χ4n) is 1.97. The van der Waals surface area contributed by atoms with Gasteiger partial charge in [0.25, 0.3) is 0 Å². The third-order valence-electron chi connectivity index (χ3n) is 3.01. The first-order valence-electron chi connectivity index (χ1n) is 6.06. The minimum Gasteiger partial charge on any atom is -0.506 e. The molecule has 2 nitrogen and oxygen atoms in total. The summed E-state index contributed by atoms with van der Waals surface area (Å²) < 4.78 is 2.52. The Hall–Kier alpha value is -0.520. The molecule has 0 bridgehead atoms. The Kier molecular flexibility index (Phi) is 5.15. The van der Waals surface area contributed by atoms with E-state index in [0.29, 0.717) is 15.5 Å². The highest BCUT2D eigenvalue weighted by atomic mass is 79.9. The monoisotopic (exact) mass is 461 g/mol. The van der Waals surface area contributed by atoms with Crippen molar-refractivity contribution in [1.29, 1.82) is 0 Å². The number of aromatic hydroxyl groups is 1. The maximum atomic E-state index is 9.70. The van der Waals surface area contributed by atoms with Crippen LogP contribution in [0.1, 0.15) is 16.7 Å². The maximum Gasteiger partial charge on any atom is 0.143 e. The number of phenolic OH excluding ortho intramolecular Hbond substituents is 1. The lowest BCUT2D eigenvalue weighted by molar-refractivity contribution is 0.468. The summed E-state index contributed by atoms with van der Waals surface area (Å²) in [5.74, 6) is 0.226. The predicted molar refractivity (Wildman–Crippen MR) is 94.4 cm³/mol. The van der Waals surface area contributed by atoms with Crippen LogP contribution in [0.4, 0.5) is 5.69 Å². The SMILES string of the molecule is Cc1cc(NCc2cc(Br)c(O)c(Br)c2)cc(C)c1Br. The lowest BCUT2D eigenvalue weighted by atomic mass is 10.1. The average molecular weight is 464 g/mol. The molecule has 0 amide bonds. The zero-order valence-electron chi connectivity index (χ0n) is 11.1. The van der Waals surface area contributed by atoms with Crippen molar-refractivity contribution in [2.45, 2.75) is 20.4 Å². The van der Waals surface area contributed by atoms with E-state index in [-0.39, 0.29) is 5.75 Å². The van der Waals surface area contributed by atoms with E-state index in [9.17, 15) is 5.11 Å². The first-order chi connectivity index (χ1) is 9.38. The van der Waals surface area contributed by atoms with Gasteiger partial charge in [0.05, 0.1) is 8.95 Å². The van der Waals surface area contributed by atoms with Crippen LogP contribution < -0.4 is 5.32 Å². The van der Waals surface area contributed by atoms with Gasteiger partial charge in [-0.1, -0.05) is 15.9 Å². The summed E-state index contributed by atoms with van der Waals surface area (Å²) in [5, 5.41) is 13.1. The molecule has 2 rings (SSSR count). The molecule has 2 aromatic carbocycles. The minimum atomic E-state index is 0.226. The lowest BCUT2D eigenvalue weighted by Crippen LogP contribution is -2.00. The molecule has 0 aromatic heterocycles. The fourth-order valence-corrected chi connectivity index (χ4v) is 3.48. The van der Waals surface area contributed by atoms with Gasteiger partial charge in [-0.15, -0.1) is 0 Å². The first kappa shape index (κ1) is 15.9. The van der Waals surface area contributed by atoms with E-state index in [4.69, 9.17) is 0 Å². The van der Waals surface area contributed by atoms with Crippen molar-refractivity contribution in [3.05, 3.63) is 54.4 Å². The van der Waals surface area contributed by atoms with Crippen LogP contribution in [0.2, 0.25) is 0 Å². The van der Waals surface area contributed by atoms with E-state index < -0.39 is 0 Å². The molecule has 0 aliphatic rings. The summed E-state index contributed by atoms with van der Waals surface area (Å²) in [6.07, 6.45) is 0. The Labute approximate surface area is 144 Å². The molecular weight excluding hydrogens is 450 g/mol. The Balaban J connectivity index is 2.17. The van der Waals surface area contributed by atoms with E-state index in [2.05, 4.69) is 79.1 Å². The number of aryl methyl sites for hydroxylation is 2. The molecule has 20 heavy (non-hydrogen) atoms. The number of nitrogens with one attached hydrogen (secondary N) is 1. The minimum absolute atomic E-state index is 0.226. The Morgan fingerprint density at radius 2 is 1.45 bits per heavy atom. The van der Waals surface area contributed by atoms with Gasteiger partial charge >= 0.3 is 0 Å². The second-order valence-corrected chi connectivity index (χ2v) is 7.19. The highest BCUT2D eigenvalue weighted by Crippen LogP contribution is 2.33. The van der Waals surface area contributed by atoms with Gasteiger partial charge in [-0.3, -0.25) is 0 Å². The smallest absolute Gasteiger partial charge is 0.143 e. The van der Waals surface area contributed by atoms with Crippen LogP contribution in [0.15, 0.2) is 37.7 Å². The summed E-state index contributed by atoms with van der Waals surface area (Å²) in [6.45, 7) is 4.85. The van der Waals surface area contributed by atoms with Crippen LogP contribution in [0.5, 0.6) is 5.75 Å². The third-order valence-corrected chi connectivity index (χ3v) is 5.47.